The van der Waals surface area contributed by atoms with Gasteiger partial charge in [-0.1, -0.05) is 0 Å². The molecule has 0 saturated carbocycles. The first-order valence-electron chi connectivity index (χ1n) is 10.8. The Morgan fingerprint density at radius 3 is 2.32 bits per heavy atom. The van der Waals surface area contributed by atoms with Gasteiger partial charge in [0.25, 0.3) is 11.6 Å². The first-order valence-corrected chi connectivity index (χ1v) is 11.9. The molecule has 0 fully saturated rings. The van der Waals surface area contributed by atoms with Gasteiger partial charge < -0.3 is 18.9 Å². The molecule has 3 aromatic rings. The molecule has 1 amide bonds. The SMILES string of the molecule is CCOc1cc(C(=O)N/N=C/c2cc(I)c(Oc3ccc([N+](=O)[O-])cc3[N+](=O)[O-])c(OC)c2)ccc1OC. The summed E-state index contributed by atoms with van der Waals surface area (Å²) in [5.74, 6) is 0.625. The quantitative estimate of drug-likeness (QED) is 0.131. The van der Waals surface area contributed by atoms with E-state index < -0.39 is 27.1 Å². The zero-order valence-corrected chi connectivity index (χ0v) is 22.5. The summed E-state index contributed by atoms with van der Waals surface area (Å²) >= 11 is 1.94. The molecule has 14 heteroatoms. The highest BCUT2D eigenvalue weighted by Crippen LogP contribution is 2.41. The van der Waals surface area contributed by atoms with E-state index in [0.29, 0.717) is 32.8 Å². The Hall–Kier alpha value is -4.47. The third-order valence-corrected chi connectivity index (χ3v) is 5.72. The summed E-state index contributed by atoms with van der Waals surface area (Å²) in [5, 5.41) is 26.4. The average molecular weight is 636 g/mol. The number of hydrogen-bond acceptors (Lipinski definition) is 10. The normalized spacial score (nSPS) is 10.6. The average Bonchev–Trinajstić information content (AvgIpc) is 2.89. The number of hydrazone groups is 1. The van der Waals surface area contributed by atoms with Crippen LogP contribution in [0.5, 0.6) is 28.7 Å². The Morgan fingerprint density at radius 2 is 1.68 bits per heavy atom. The van der Waals surface area contributed by atoms with Gasteiger partial charge in [0.15, 0.2) is 23.0 Å². The van der Waals surface area contributed by atoms with Crippen molar-refractivity contribution in [3.8, 4) is 28.7 Å². The van der Waals surface area contributed by atoms with Crippen LogP contribution >= 0.6 is 22.6 Å². The van der Waals surface area contributed by atoms with Crippen LogP contribution in [0.3, 0.4) is 0 Å². The van der Waals surface area contributed by atoms with E-state index in [-0.39, 0.29) is 17.2 Å². The Bertz CT molecular complexity index is 1410. The molecule has 13 nitrogen and oxygen atoms in total. The van der Waals surface area contributed by atoms with Crippen LogP contribution in [0, 0.1) is 23.8 Å². The lowest BCUT2D eigenvalue weighted by molar-refractivity contribution is -0.394. The highest BCUT2D eigenvalue weighted by molar-refractivity contribution is 14.1. The maximum absolute atomic E-state index is 12.5. The van der Waals surface area contributed by atoms with Crippen LogP contribution in [0.25, 0.3) is 0 Å². The van der Waals surface area contributed by atoms with E-state index in [1.807, 2.05) is 29.5 Å². The monoisotopic (exact) mass is 636 g/mol. The second-order valence-corrected chi connectivity index (χ2v) is 8.46. The number of nitro groups is 2. The van der Waals surface area contributed by atoms with Crippen molar-refractivity contribution < 1.29 is 33.6 Å². The molecule has 0 aliphatic rings. The summed E-state index contributed by atoms with van der Waals surface area (Å²) in [6.07, 6.45) is 1.38. The molecular weight excluding hydrogens is 615 g/mol. The van der Waals surface area contributed by atoms with E-state index >= 15 is 0 Å². The Morgan fingerprint density at radius 1 is 0.974 bits per heavy atom. The maximum Gasteiger partial charge on any atom is 0.318 e. The second kappa shape index (κ2) is 12.7. The van der Waals surface area contributed by atoms with Crippen molar-refractivity contribution in [2.24, 2.45) is 5.10 Å². The summed E-state index contributed by atoms with van der Waals surface area (Å²) in [6, 6.07) is 11.0. The molecule has 0 atom stereocenters. The molecule has 198 valence electrons. The summed E-state index contributed by atoms with van der Waals surface area (Å²) in [5.41, 5.74) is 2.26. The number of carbonyl (C=O) groups is 1. The van der Waals surface area contributed by atoms with Crippen LogP contribution in [0.1, 0.15) is 22.8 Å². The molecule has 0 saturated heterocycles. The fourth-order valence-electron chi connectivity index (χ4n) is 3.19. The van der Waals surface area contributed by atoms with Gasteiger partial charge in [0.2, 0.25) is 5.75 Å². The number of benzene rings is 3. The molecule has 38 heavy (non-hydrogen) atoms. The lowest BCUT2D eigenvalue weighted by Gasteiger charge is -2.13. The third kappa shape index (κ3) is 6.64. The third-order valence-electron chi connectivity index (χ3n) is 4.92. The fraction of sp³-hybridized carbons (Fsp3) is 0.167. The molecule has 0 aliphatic carbocycles. The minimum atomic E-state index is -0.772. The first-order chi connectivity index (χ1) is 18.2. The van der Waals surface area contributed by atoms with E-state index in [9.17, 15) is 25.0 Å². The fourth-order valence-corrected chi connectivity index (χ4v) is 3.92. The van der Waals surface area contributed by atoms with Crippen molar-refractivity contribution in [3.63, 3.8) is 0 Å². The van der Waals surface area contributed by atoms with Crippen LogP contribution < -0.4 is 24.4 Å². The molecule has 0 heterocycles. The number of ether oxygens (including phenoxy) is 4. The van der Waals surface area contributed by atoms with Gasteiger partial charge in [0.1, 0.15) is 0 Å². The molecule has 0 aliphatic heterocycles. The summed E-state index contributed by atoms with van der Waals surface area (Å²) in [6.45, 7) is 2.22. The van der Waals surface area contributed by atoms with Gasteiger partial charge in [-0.2, -0.15) is 5.10 Å². The van der Waals surface area contributed by atoms with Crippen LogP contribution in [-0.4, -0.2) is 42.8 Å². The number of hydrogen-bond donors (Lipinski definition) is 1. The lowest BCUT2D eigenvalue weighted by Crippen LogP contribution is -2.17. The molecule has 3 aromatic carbocycles. The van der Waals surface area contributed by atoms with Gasteiger partial charge in [0, 0.05) is 11.6 Å². The lowest BCUT2D eigenvalue weighted by atomic mass is 10.2. The zero-order valence-electron chi connectivity index (χ0n) is 20.3. The summed E-state index contributed by atoms with van der Waals surface area (Å²) in [7, 11) is 2.88. The summed E-state index contributed by atoms with van der Waals surface area (Å²) < 4.78 is 22.3. The van der Waals surface area contributed by atoms with Gasteiger partial charge >= 0.3 is 5.69 Å². The van der Waals surface area contributed by atoms with Crippen LogP contribution in [0.4, 0.5) is 11.4 Å². The Kier molecular flexibility index (Phi) is 9.37. The standard InChI is InChI=1S/C24H21IN4O9/c1-4-37-21-11-15(5-7-20(21)35-2)24(30)27-26-13-14-9-17(25)23(22(10-14)36-3)38-19-8-6-16(28(31)32)12-18(19)29(33)34/h5-13H,4H2,1-3H3,(H,27,30)/b26-13+. The van der Waals surface area contributed by atoms with Gasteiger partial charge in [-0.3, -0.25) is 25.0 Å². The second-order valence-electron chi connectivity index (χ2n) is 7.30. The van der Waals surface area contributed by atoms with Crippen molar-refractivity contribution >= 4 is 46.1 Å². The molecular formula is C24H21IN4O9. The van der Waals surface area contributed by atoms with Crippen molar-refractivity contribution in [3.05, 3.63) is 83.5 Å². The van der Waals surface area contributed by atoms with E-state index in [0.717, 1.165) is 18.2 Å². The largest absolute Gasteiger partial charge is 0.493 e. The number of methoxy groups -OCH3 is 2. The van der Waals surface area contributed by atoms with Crippen molar-refractivity contribution in [2.45, 2.75) is 6.92 Å². The van der Waals surface area contributed by atoms with Crippen LogP contribution in [0.2, 0.25) is 0 Å². The highest BCUT2D eigenvalue weighted by atomic mass is 127. The number of nitrogens with zero attached hydrogens (tertiary/aromatic N) is 3. The first kappa shape index (κ1) is 28.1. The number of nitrogens with one attached hydrogen (secondary N) is 1. The molecule has 0 bridgehead atoms. The smallest absolute Gasteiger partial charge is 0.318 e. The van der Waals surface area contributed by atoms with Crippen LogP contribution in [0.15, 0.2) is 53.6 Å². The van der Waals surface area contributed by atoms with Gasteiger partial charge in [-0.15, -0.1) is 0 Å². The molecule has 0 aromatic heterocycles. The van der Waals surface area contributed by atoms with E-state index in [4.69, 9.17) is 18.9 Å². The number of carbonyl (C=O) groups excluding carboxylic acids is 1. The Balaban J connectivity index is 1.81. The number of non-ortho nitro benzene ring substituents is 1. The zero-order chi connectivity index (χ0) is 27.8. The van der Waals surface area contributed by atoms with E-state index in [1.54, 1.807) is 30.3 Å². The molecule has 0 unspecified atom stereocenters. The van der Waals surface area contributed by atoms with Crippen molar-refractivity contribution in [1.29, 1.82) is 0 Å². The highest BCUT2D eigenvalue weighted by Gasteiger charge is 2.23. The van der Waals surface area contributed by atoms with Gasteiger partial charge in [0.05, 0.1) is 46.5 Å². The van der Waals surface area contributed by atoms with Crippen molar-refractivity contribution in [2.75, 3.05) is 20.8 Å². The molecule has 0 spiro atoms. The van der Waals surface area contributed by atoms with Gasteiger partial charge in [-0.25, -0.2) is 5.43 Å². The molecule has 1 N–H and O–H groups in total. The minimum absolute atomic E-state index is 0.160. The molecule has 0 radical (unpaired) electrons. The number of rotatable bonds is 11. The number of amides is 1. The van der Waals surface area contributed by atoms with E-state index in [1.165, 1.54) is 20.4 Å². The number of halogens is 1. The number of nitro benzene ring substituents is 2. The summed E-state index contributed by atoms with van der Waals surface area (Å²) in [4.78, 5) is 33.4. The van der Waals surface area contributed by atoms with Gasteiger partial charge in [-0.05, 0) is 71.5 Å². The molecule has 3 rings (SSSR count). The van der Waals surface area contributed by atoms with Crippen LogP contribution in [-0.2, 0) is 0 Å². The van der Waals surface area contributed by atoms with Crippen molar-refractivity contribution in [1.82, 2.24) is 5.43 Å². The van der Waals surface area contributed by atoms with E-state index in [2.05, 4.69) is 10.5 Å². The topological polar surface area (TPSA) is 165 Å². The predicted octanol–water partition coefficient (Wildman–Crippen LogP) is 5.08. The Labute approximate surface area is 229 Å². The predicted molar refractivity (Wildman–Crippen MR) is 145 cm³/mol. The minimum Gasteiger partial charge on any atom is -0.493 e. The maximum atomic E-state index is 12.5.